The summed E-state index contributed by atoms with van der Waals surface area (Å²) >= 11 is 0. The molecule has 19 heavy (non-hydrogen) atoms. The molecule has 3 heteroatoms. The minimum Gasteiger partial charge on any atom is -0.395 e. The molecule has 1 aliphatic carbocycles. The fourth-order valence-corrected chi connectivity index (χ4v) is 2.86. The van der Waals surface area contributed by atoms with Crippen LogP contribution in [-0.4, -0.2) is 23.8 Å². The standard InChI is InChI=1S/C16H24FNO/c1-11(2)7-16(10-19)18-15-8-13(9-15)12-3-5-14(17)6-4-12/h3-6,11,13,15-16,18-19H,7-10H2,1-2H3. The van der Waals surface area contributed by atoms with Crippen molar-refractivity contribution in [2.24, 2.45) is 5.92 Å². The maximum Gasteiger partial charge on any atom is 0.123 e. The van der Waals surface area contributed by atoms with E-state index in [1.54, 1.807) is 0 Å². The van der Waals surface area contributed by atoms with E-state index < -0.39 is 0 Å². The maximum atomic E-state index is 12.8. The van der Waals surface area contributed by atoms with Crippen LogP contribution in [0.1, 0.15) is 44.6 Å². The van der Waals surface area contributed by atoms with Crippen molar-refractivity contribution in [3.63, 3.8) is 0 Å². The van der Waals surface area contributed by atoms with Crippen LogP contribution >= 0.6 is 0 Å². The number of nitrogens with one attached hydrogen (secondary N) is 1. The first-order valence-electron chi connectivity index (χ1n) is 7.21. The van der Waals surface area contributed by atoms with E-state index >= 15 is 0 Å². The molecule has 0 amide bonds. The lowest BCUT2D eigenvalue weighted by Gasteiger charge is -2.39. The van der Waals surface area contributed by atoms with Gasteiger partial charge in [0.15, 0.2) is 0 Å². The smallest absolute Gasteiger partial charge is 0.123 e. The van der Waals surface area contributed by atoms with Gasteiger partial charge in [-0.3, -0.25) is 0 Å². The Morgan fingerprint density at radius 1 is 1.26 bits per heavy atom. The molecular formula is C16H24FNO. The summed E-state index contributed by atoms with van der Waals surface area (Å²) in [5, 5.41) is 12.9. The van der Waals surface area contributed by atoms with Gasteiger partial charge in [0, 0.05) is 12.1 Å². The summed E-state index contributed by atoms with van der Waals surface area (Å²) in [6, 6.07) is 7.53. The molecule has 1 atom stereocenters. The molecule has 1 saturated carbocycles. The Bertz CT molecular complexity index is 384. The van der Waals surface area contributed by atoms with Crippen molar-refractivity contribution in [1.82, 2.24) is 5.32 Å². The fraction of sp³-hybridized carbons (Fsp3) is 0.625. The second-order valence-corrected chi connectivity index (χ2v) is 6.09. The minimum atomic E-state index is -0.171. The van der Waals surface area contributed by atoms with Crippen molar-refractivity contribution in [2.45, 2.75) is 51.1 Å². The number of rotatable bonds is 6. The van der Waals surface area contributed by atoms with E-state index in [9.17, 15) is 9.50 Å². The predicted octanol–water partition coefficient (Wildman–Crippen LogP) is 3.07. The molecule has 1 fully saturated rings. The summed E-state index contributed by atoms with van der Waals surface area (Å²) in [6.45, 7) is 4.55. The fourth-order valence-electron chi connectivity index (χ4n) is 2.86. The average Bonchev–Trinajstić information content (AvgIpc) is 2.32. The van der Waals surface area contributed by atoms with Crippen molar-refractivity contribution in [1.29, 1.82) is 0 Å². The minimum absolute atomic E-state index is 0.171. The van der Waals surface area contributed by atoms with Crippen LogP contribution in [0.3, 0.4) is 0 Å². The first-order valence-corrected chi connectivity index (χ1v) is 7.21. The summed E-state index contributed by atoms with van der Waals surface area (Å²) in [4.78, 5) is 0. The molecule has 1 aromatic carbocycles. The van der Waals surface area contributed by atoms with E-state index in [1.807, 2.05) is 12.1 Å². The third-order valence-corrected chi connectivity index (χ3v) is 3.93. The highest BCUT2D eigenvalue weighted by atomic mass is 19.1. The number of hydrogen-bond donors (Lipinski definition) is 2. The average molecular weight is 265 g/mol. The summed E-state index contributed by atoms with van der Waals surface area (Å²) in [7, 11) is 0. The lowest BCUT2D eigenvalue weighted by Crippen LogP contribution is -2.47. The molecule has 0 heterocycles. The van der Waals surface area contributed by atoms with Crippen LogP contribution in [0.2, 0.25) is 0 Å². The van der Waals surface area contributed by atoms with Gasteiger partial charge in [0.1, 0.15) is 5.82 Å². The molecule has 1 unspecified atom stereocenters. The van der Waals surface area contributed by atoms with E-state index in [2.05, 4.69) is 19.2 Å². The van der Waals surface area contributed by atoms with Crippen molar-refractivity contribution in [3.8, 4) is 0 Å². The van der Waals surface area contributed by atoms with Crippen molar-refractivity contribution >= 4 is 0 Å². The first-order chi connectivity index (χ1) is 9.08. The lowest BCUT2D eigenvalue weighted by molar-refractivity contribution is 0.181. The number of aliphatic hydroxyl groups is 1. The summed E-state index contributed by atoms with van der Waals surface area (Å²) < 4.78 is 12.8. The Morgan fingerprint density at radius 3 is 2.42 bits per heavy atom. The quantitative estimate of drug-likeness (QED) is 0.828. The highest BCUT2D eigenvalue weighted by molar-refractivity contribution is 5.23. The number of benzene rings is 1. The molecule has 106 valence electrons. The molecule has 0 saturated heterocycles. The Balaban J connectivity index is 1.78. The second-order valence-electron chi connectivity index (χ2n) is 6.09. The Kier molecular flexibility index (Phi) is 4.94. The van der Waals surface area contributed by atoms with Gasteiger partial charge < -0.3 is 10.4 Å². The zero-order valence-corrected chi connectivity index (χ0v) is 11.8. The molecule has 0 radical (unpaired) electrons. The Hall–Kier alpha value is -0.930. The molecule has 0 spiro atoms. The van der Waals surface area contributed by atoms with Crippen molar-refractivity contribution in [2.75, 3.05) is 6.61 Å². The molecular weight excluding hydrogens is 241 g/mol. The number of hydrogen-bond acceptors (Lipinski definition) is 2. The predicted molar refractivity (Wildman–Crippen MR) is 75.6 cm³/mol. The van der Waals surface area contributed by atoms with E-state index in [4.69, 9.17) is 0 Å². The van der Waals surface area contributed by atoms with Crippen molar-refractivity contribution in [3.05, 3.63) is 35.6 Å². The van der Waals surface area contributed by atoms with Crippen LogP contribution < -0.4 is 5.32 Å². The van der Waals surface area contributed by atoms with Gasteiger partial charge in [-0.25, -0.2) is 4.39 Å². The largest absolute Gasteiger partial charge is 0.395 e. The zero-order chi connectivity index (χ0) is 13.8. The van der Waals surface area contributed by atoms with Gasteiger partial charge in [0.25, 0.3) is 0 Å². The molecule has 0 aliphatic heterocycles. The SMILES string of the molecule is CC(C)CC(CO)NC1CC(c2ccc(F)cc2)C1. The summed E-state index contributed by atoms with van der Waals surface area (Å²) in [5.41, 5.74) is 1.23. The Labute approximate surface area is 115 Å². The van der Waals surface area contributed by atoms with Gasteiger partial charge in [-0.15, -0.1) is 0 Å². The van der Waals surface area contributed by atoms with Gasteiger partial charge in [-0.2, -0.15) is 0 Å². The van der Waals surface area contributed by atoms with Gasteiger partial charge in [-0.1, -0.05) is 26.0 Å². The molecule has 0 aromatic heterocycles. The van der Waals surface area contributed by atoms with Gasteiger partial charge >= 0.3 is 0 Å². The maximum absolute atomic E-state index is 12.8. The lowest BCUT2D eigenvalue weighted by atomic mass is 9.75. The highest BCUT2D eigenvalue weighted by Gasteiger charge is 2.31. The second kappa shape index (κ2) is 6.49. The van der Waals surface area contributed by atoms with E-state index in [0.29, 0.717) is 17.9 Å². The zero-order valence-electron chi connectivity index (χ0n) is 11.8. The molecule has 2 nitrogen and oxygen atoms in total. The van der Waals surface area contributed by atoms with Crippen LogP contribution in [0.15, 0.2) is 24.3 Å². The molecule has 1 aliphatic rings. The van der Waals surface area contributed by atoms with Gasteiger partial charge in [0.2, 0.25) is 0 Å². The van der Waals surface area contributed by atoms with Crippen LogP contribution in [0, 0.1) is 11.7 Å². The summed E-state index contributed by atoms with van der Waals surface area (Å²) in [5.74, 6) is 0.962. The molecule has 1 aromatic rings. The number of aliphatic hydroxyl groups excluding tert-OH is 1. The number of halogens is 1. The van der Waals surface area contributed by atoms with Crippen LogP contribution in [0.4, 0.5) is 4.39 Å². The van der Waals surface area contributed by atoms with E-state index in [1.165, 1.54) is 17.7 Å². The van der Waals surface area contributed by atoms with Crippen LogP contribution in [0.5, 0.6) is 0 Å². The third kappa shape index (κ3) is 4.02. The Morgan fingerprint density at radius 2 is 1.89 bits per heavy atom. The third-order valence-electron chi connectivity index (χ3n) is 3.93. The summed E-state index contributed by atoms with van der Waals surface area (Å²) in [6.07, 6.45) is 3.18. The van der Waals surface area contributed by atoms with Crippen LogP contribution in [0.25, 0.3) is 0 Å². The monoisotopic (exact) mass is 265 g/mol. The highest BCUT2D eigenvalue weighted by Crippen LogP contribution is 2.37. The first kappa shape index (κ1) is 14.5. The molecule has 2 rings (SSSR count). The van der Waals surface area contributed by atoms with Crippen molar-refractivity contribution < 1.29 is 9.50 Å². The van der Waals surface area contributed by atoms with Crippen LogP contribution in [-0.2, 0) is 0 Å². The van der Waals surface area contributed by atoms with Gasteiger partial charge in [0.05, 0.1) is 6.61 Å². The molecule has 0 bridgehead atoms. The van der Waals surface area contributed by atoms with Gasteiger partial charge in [-0.05, 0) is 48.8 Å². The topological polar surface area (TPSA) is 32.3 Å². The van der Waals surface area contributed by atoms with E-state index in [-0.39, 0.29) is 18.5 Å². The van der Waals surface area contributed by atoms with E-state index in [0.717, 1.165) is 19.3 Å². The normalized spacial score (nSPS) is 24.3. The molecule has 2 N–H and O–H groups in total.